The predicted molar refractivity (Wildman–Crippen MR) is 76.2 cm³/mol. The van der Waals surface area contributed by atoms with E-state index in [1.165, 1.54) is 12.8 Å². The van der Waals surface area contributed by atoms with Crippen molar-refractivity contribution < 1.29 is 14.3 Å². The Hall–Kier alpha value is -0.610. The number of carbonyl (C=O) groups excluding carboxylic acids is 1. The Balaban J connectivity index is 2.01. The van der Waals surface area contributed by atoms with Crippen molar-refractivity contribution in [3.8, 4) is 0 Å². The summed E-state index contributed by atoms with van der Waals surface area (Å²) in [5.41, 5.74) is -0.212. The Kier molecular flexibility index (Phi) is 3.37. The second-order valence-electron chi connectivity index (χ2n) is 7.26. The second-order valence-corrected chi connectivity index (χ2v) is 7.26. The number of rotatable bonds is 3. The SMILES string of the molecule is COCCN1CCC[C@@]2(C)[C@]3(C)CCC[C@]12OC(=O)C3. The van der Waals surface area contributed by atoms with Crippen molar-refractivity contribution in [1.29, 1.82) is 0 Å². The standard InChI is InChI=1S/C16H27NO3/c1-14-6-4-8-16(20-13(18)12-14)15(14,2)7-5-9-17(16)10-11-19-3/h4-12H2,1-3H3/t14-,15+,16-/m1/s1. The maximum absolute atomic E-state index is 12.2. The molecule has 0 aromatic rings. The number of piperidine rings is 1. The van der Waals surface area contributed by atoms with E-state index in [9.17, 15) is 4.79 Å². The van der Waals surface area contributed by atoms with E-state index in [0.717, 1.165) is 32.4 Å². The summed E-state index contributed by atoms with van der Waals surface area (Å²) in [6, 6.07) is 0. The number of hydrogen-bond donors (Lipinski definition) is 0. The lowest BCUT2D eigenvalue weighted by Gasteiger charge is -2.68. The maximum Gasteiger partial charge on any atom is 0.308 e. The molecule has 1 saturated carbocycles. The normalized spacial score (nSPS) is 44.9. The number of hydrogen-bond acceptors (Lipinski definition) is 4. The highest BCUT2D eigenvalue weighted by molar-refractivity contribution is 5.72. The first-order valence-electron chi connectivity index (χ1n) is 7.93. The van der Waals surface area contributed by atoms with Gasteiger partial charge in [0.2, 0.25) is 0 Å². The van der Waals surface area contributed by atoms with Crippen LogP contribution in [0.2, 0.25) is 0 Å². The van der Waals surface area contributed by atoms with E-state index in [2.05, 4.69) is 18.7 Å². The van der Waals surface area contributed by atoms with E-state index in [4.69, 9.17) is 9.47 Å². The predicted octanol–water partition coefficient (Wildman–Crippen LogP) is 2.57. The molecule has 2 bridgehead atoms. The molecule has 3 rings (SSSR count). The summed E-state index contributed by atoms with van der Waals surface area (Å²) in [5, 5.41) is 0. The first-order valence-corrected chi connectivity index (χ1v) is 7.93. The Bertz CT molecular complexity index is 413. The number of ether oxygens (including phenoxy) is 2. The van der Waals surface area contributed by atoms with Gasteiger partial charge < -0.3 is 9.47 Å². The number of methoxy groups -OCH3 is 1. The lowest BCUT2D eigenvalue weighted by molar-refractivity contribution is -0.308. The average Bonchev–Trinajstić information content (AvgIpc) is 2.37. The number of nitrogens with zero attached hydrogens (tertiary/aromatic N) is 1. The molecule has 3 fully saturated rings. The molecule has 0 unspecified atom stereocenters. The fourth-order valence-electron chi connectivity index (χ4n) is 5.10. The fraction of sp³-hybridized carbons (Fsp3) is 0.938. The van der Waals surface area contributed by atoms with Crippen LogP contribution >= 0.6 is 0 Å². The molecule has 0 amide bonds. The van der Waals surface area contributed by atoms with Crippen LogP contribution in [-0.4, -0.2) is 43.4 Å². The van der Waals surface area contributed by atoms with E-state index in [0.29, 0.717) is 13.0 Å². The van der Waals surface area contributed by atoms with Gasteiger partial charge in [-0.1, -0.05) is 13.8 Å². The van der Waals surface area contributed by atoms with E-state index >= 15 is 0 Å². The van der Waals surface area contributed by atoms with Crippen molar-refractivity contribution >= 4 is 5.97 Å². The minimum atomic E-state index is -0.383. The van der Waals surface area contributed by atoms with Gasteiger partial charge in [-0.05, 0) is 31.1 Å². The molecular formula is C16H27NO3. The molecule has 4 nitrogen and oxygen atoms in total. The highest BCUT2D eigenvalue weighted by Crippen LogP contribution is 2.65. The molecule has 0 radical (unpaired) electrons. The molecule has 2 aliphatic heterocycles. The van der Waals surface area contributed by atoms with Crippen molar-refractivity contribution in [3.63, 3.8) is 0 Å². The largest absolute Gasteiger partial charge is 0.443 e. The molecule has 0 aromatic carbocycles. The van der Waals surface area contributed by atoms with Gasteiger partial charge in [-0.3, -0.25) is 9.69 Å². The van der Waals surface area contributed by atoms with Crippen LogP contribution < -0.4 is 0 Å². The van der Waals surface area contributed by atoms with Crippen LogP contribution in [0.1, 0.15) is 52.4 Å². The van der Waals surface area contributed by atoms with Crippen LogP contribution in [0.5, 0.6) is 0 Å². The molecule has 1 aliphatic carbocycles. The van der Waals surface area contributed by atoms with Gasteiger partial charge in [0.15, 0.2) is 5.72 Å². The third-order valence-electron chi connectivity index (χ3n) is 6.44. The summed E-state index contributed by atoms with van der Waals surface area (Å²) < 4.78 is 11.3. The number of esters is 1. The molecule has 0 aromatic heterocycles. The number of carbonyl (C=O) groups is 1. The Labute approximate surface area is 121 Å². The van der Waals surface area contributed by atoms with Crippen LogP contribution in [-0.2, 0) is 14.3 Å². The van der Waals surface area contributed by atoms with E-state index < -0.39 is 0 Å². The molecule has 4 heteroatoms. The van der Waals surface area contributed by atoms with Crippen molar-refractivity contribution in [1.82, 2.24) is 4.90 Å². The molecule has 2 saturated heterocycles. The van der Waals surface area contributed by atoms with Gasteiger partial charge in [0.05, 0.1) is 13.0 Å². The van der Waals surface area contributed by atoms with Gasteiger partial charge >= 0.3 is 5.97 Å². The van der Waals surface area contributed by atoms with Gasteiger partial charge in [-0.15, -0.1) is 0 Å². The second kappa shape index (κ2) is 4.70. The minimum absolute atomic E-state index is 0.00556. The Morgan fingerprint density at radius 2 is 2.05 bits per heavy atom. The van der Waals surface area contributed by atoms with Gasteiger partial charge in [0.1, 0.15) is 0 Å². The number of likely N-dealkylation sites (tertiary alicyclic amines) is 1. The third-order valence-corrected chi connectivity index (χ3v) is 6.44. The smallest absolute Gasteiger partial charge is 0.308 e. The van der Waals surface area contributed by atoms with Crippen molar-refractivity contribution in [2.75, 3.05) is 26.8 Å². The molecule has 0 N–H and O–H groups in total. The zero-order valence-electron chi connectivity index (χ0n) is 13.0. The van der Waals surface area contributed by atoms with Crippen LogP contribution in [0.25, 0.3) is 0 Å². The van der Waals surface area contributed by atoms with Gasteiger partial charge in [0.25, 0.3) is 0 Å². The minimum Gasteiger partial charge on any atom is -0.443 e. The topological polar surface area (TPSA) is 38.8 Å². The monoisotopic (exact) mass is 281 g/mol. The van der Waals surface area contributed by atoms with Crippen molar-refractivity contribution in [3.05, 3.63) is 0 Å². The van der Waals surface area contributed by atoms with Crippen molar-refractivity contribution in [2.45, 2.75) is 58.1 Å². The quantitative estimate of drug-likeness (QED) is 0.745. The highest BCUT2D eigenvalue weighted by Gasteiger charge is 2.68. The molecule has 3 aliphatic rings. The first kappa shape index (κ1) is 14.3. The van der Waals surface area contributed by atoms with Crippen LogP contribution in [0, 0.1) is 10.8 Å². The lowest BCUT2D eigenvalue weighted by Crippen LogP contribution is -2.73. The van der Waals surface area contributed by atoms with Crippen LogP contribution in [0.15, 0.2) is 0 Å². The van der Waals surface area contributed by atoms with Gasteiger partial charge in [-0.25, -0.2) is 0 Å². The Morgan fingerprint density at radius 1 is 1.25 bits per heavy atom. The summed E-state index contributed by atoms with van der Waals surface area (Å²) in [7, 11) is 1.73. The summed E-state index contributed by atoms with van der Waals surface area (Å²) in [5.74, 6) is -0.00556. The van der Waals surface area contributed by atoms with Crippen LogP contribution in [0.3, 0.4) is 0 Å². The van der Waals surface area contributed by atoms with Gasteiger partial charge in [0, 0.05) is 32.0 Å². The van der Waals surface area contributed by atoms with Crippen LogP contribution in [0.4, 0.5) is 0 Å². The molecule has 3 atom stereocenters. The zero-order valence-corrected chi connectivity index (χ0v) is 13.0. The molecule has 20 heavy (non-hydrogen) atoms. The van der Waals surface area contributed by atoms with E-state index in [-0.39, 0.29) is 22.5 Å². The third kappa shape index (κ3) is 1.70. The zero-order chi connectivity index (χ0) is 14.4. The first-order chi connectivity index (χ1) is 9.47. The molecule has 114 valence electrons. The Morgan fingerprint density at radius 3 is 2.80 bits per heavy atom. The van der Waals surface area contributed by atoms with Gasteiger partial charge in [-0.2, -0.15) is 0 Å². The summed E-state index contributed by atoms with van der Waals surface area (Å²) in [6.07, 6.45) is 6.23. The van der Waals surface area contributed by atoms with E-state index in [1.807, 2.05) is 0 Å². The summed E-state index contributed by atoms with van der Waals surface area (Å²) >= 11 is 0. The van der Waals surface area contributed by atoms with E-state index in [1.54, 1.807) is 7.11 Å². The highest BCUT2D eigenvalue weighted by atomic mass is 16.6. The molecule has 2 heterocycles. The lowest BCUT2D eigenvalue weighted by atomic mass is 9.48. The maximum atomic E-state index is 12.2. The van der Waals surface area contributed by atoms with Crippen molar-refractivity contribution in [2.24, 2.45) is 10.8 Å². The molecule has 0 spiro atoms. The molecular weight excluding hydrogens is 254 g/mol. The average molecular weight is 281 g/mol. The fourth-order valence-corrected chi connectivity index (χ4v) is 5.10. The summed E-state index contributed by atoms with van der Waals surface area (Å²) in [6.45, 7) is 7.24. The summed E-state index contributed by atoms with van der Waals surface area (Å²) in [4.78, 5) is 14.6.